The molecule has 0 spiro atoms. The number of ether oxygens (including phenoxy) is 2. The number of carbonyl (C=O) groups is 2. The van der Waals surface area contributed by atoms with E-state index in [1.54, 1.807) is 32.7 Å². The third-order valence-corrected chi connectivity index (χ3v) is 10.5. The van der Waals surface area contributed by atoms with Crippen molar-refractivity contribution in [2.45, 2.75) is 84.4 Å². The molecule has 5 heterocycles. The number of hydrogen-bond donors (Lipinski definition) is 3. The van der Waals surface area contributed by atoms with Gasteiger partial charge in [0.1, 0.15) is 45.6 Å². The van der Waals surface area contributed by atoms with Crippen molar-refractivity contribution in [1.29, 1.82) is 5.26 Å². The van der Waals surface area contributed by atoms with Gasteiger partial charge in [0.25, 0.3) is 0 Å². The van der Waals surface area contributed by atoms with E-state index in [9.17, 15) is 20.0 Å². The van der Waals surface area contributed by atoms with Gasteiger partial charge in [0, 0.05) is 24.5 Å². The molecule has 2 aromatic carbocycles. The molecule has 2 saturated heterocycles. The second-order valence-corrected chi connectivity index (χ2v) is 16.1. The monoisotopic (exact) mass is 1000 g/mol. The molecule has 2 amide bonds. The summed E-state index contributed by atoms with van der Waals surface area (Å²) >= 11 is 0.917. The van der Waals surface area contributed by atoms with Crippen molar-refractivity contribution in [2.24, 2.45) is 0 Å². The number of nitrogens with zero attached hydrogens (tertiary/aromatic N) is 5. The number of amides is 2. The molecular weight excluding hydrogens is 955 g/mol. The van der Waals surface area contributed by atoms with Gasteiger partial charge < -0.3 is 43.5 Å². The fourth-order valence-electron chi connectivity index (χ4n) is 6.71. The summed E-state index contributed by atoms with van der Waals surface area (Å²) in [6.45, 7) is 11.6. The van der Waals surface area contributed by atoms with Crippen molar-refractivity contribution in [2.75, 3.05) is 42.2 Å². The van der Waals surface area contributed by atoms with Crippen LogP contribution in [0, 0.1) is 62.1 Å². The minimum absolute atomic E-state index is 0. The maximum Gasteiger partial charge on any atom is 2.00 e. The van der Waals surface area contributed by atoms with Gasteiger partial charge in [-0.1, -0.05) is 26.3 Å². The largest absolute Gasteiger partial charge is 2.00 e. The summed E-state index contributed by atoms with van der Waals surface area (Å²) in [6.07, 6.45) is 4.06. The summed E-state index contributed by atoms with van der Waals surface area (Å²) < 4.78 is 26.9. The van der Waals surface area contributed by atoms with Gasteiger partial charge in [-0.15, -0.1) is 23.5 Å². The molecule has 16 heteroatoms. The number of phenolic OH excluding ortho intramolecular Hbond substituents is 1. The van der Waals surface area contributed by atoms with Crippen molar-refractivity contribution in [3.63, 3.8) is 0 Å². The van der Waals surface area contributed by atoms with Crippen molar-refractivity contribution in [1.82, 2.24) is 14.9 Å². The second kappa shape index (κ2) is 17.7. The Morgan fingerprint density at radius 3 is 2.59 bits per heavy atom. The Bertz CT molecular complexity index is 2100. The van der Waals surface area contributed by atoms with Gasteiger partial charge in [-0.2, -0.15) is 19.5 Å². The molecule has 0 saturated carbocycles. The van der Waals surface area contributed by atoms with Gasteiger partial charge in [-0.05, 0) is 62.9 Å². The third-order valence-electron chi connectivity index (χ3n) is 8.92. The van der Waals surface area contributed by atoms with Crippen molar-refractivity contribution in [3.8, 4) is 22.9 Å². The quantitative estimate of drug-likeness (QED) is 0.134. The molecule has 12 nitrogen and oxygen atoms in total. The number of rotatable bonds is 5. The van der Waals surface area contributed by atoms with Crippen LogP contribution in [0.25, 0.3) is 32.1 Å². The van der Waals surface area contributed by atoms with Crippen LogP contribution in [0.5, 0.6) is 5.75 Å². The summed E-state index contributed by atoms with van der Waals surface area (Å²) in [5.41, 5.74) is 1.82. The van der Waals surface area contributed by atoms with Gasteiger partial charge in [0.2, 0.25) is 11.9 Å². The molecular formula is C38H47FN7O5PSU. The topological polar surface area (TPSA) is 153 Å². The summed E-state index contributed by atoms with van der Waals surface area (Å²) in [4.78, 5) is 39.4. The first-order valence-electron chi connectivity index (χ1n) is 17.4. The second-order valence-electron chi connectivity index (χ2n) is 14.2. The molecule has 54 heavy (non-hydrogen) atoms. The van der Waals surface area contributed by atoms with Crippen LogP contribution in [0.2, 0.25) is 0 Å². The number of phenols is 1. The fourth-order valence-corrected chi connectivity index (χ4v) is 8.15. The Labute approximate surface area is 346 Å². The van der Waals surface area contributed by atoms with E-state index in [4.69, 9.17) is 19.4 Å². The first-order chi connectivity index (χ1) is 24.8. The van der Waals surface area contributed by atoms with Crippen molar-refractivity contribution < 1.29 is 59.7 Å². The Kier molecular flexibility index (Phi) is 14.2. The van der Waals surface area contributed by atoms with Crippen LogP contribution in [0.3, 0.4) is 0 Å². The Morgan fingerprint density at radius 2 is 1.94 bits per heavy atom. The number of fused-ring (bicyclic) bond motifs is 4. The standard InChI is InChI=1S/C34H36FN7O5PS.C3H8.CH3.U/c1-34(2,3)47-33(45)40-30-18(12-36)24-17(7-8-21(35)28(24)49-30)23-19-14-46-15-20(19)25-26(27(23)43)38-32(42-11-9-16(48)13-42)39-29(25)37-22-6-5-10-41(4)31(22)44;1-3-2;;/h7-9,16,22,43H,5-6,10-11,13-15,48H2,1-4H3,(H,40,45)(H,37,38,39);3H2,1-2H3;1H3;/q-1;;-1;+2. The number of aromatic nitrogens is 2. The smallest absolute Gasteiger partial charge is 0.505 e. The number of nitriles is 1. The van der Waals surface area contributed by atoms with E-state index in [2.05, 4.69) is 46.2 Å². The van der Waals surface area contributed by atoms with E-state index < -0.39 is 23.6 Å². The van der Waals surface area contributed by atoms with Gasteiger partial charge in [-0.25, -0.2) is 14.2 Å². The number of anilines is 3. The van der Waals surface area contributed by atoms with Crippen LogP contribution in [-0.2, 0) is 27.5 Å². The molecule has 3 unspecified atom stereocenters. The van der Waals surface area contributed by atoms with Crippen LogP contribution >= 0.6 is 20.6 Å². The van der Waals surface area contributed by atoms with Gasteiger partial charge in [0.15, 0.2) is 0 Å². The molecule has 2 fully saturated rings. The van der Waals surface area contributed by atoms with Crippen LogP contribution < -0.4 is 15.5 Å². The molecule has 0 bridgehead atoms. The van der Waals surface area contributed by atoms with E-state index in [-0.39, 0.29) is 95.2 Å². The zero-order chi connectivity index (χ0) is 37.5. The number of likely N-dealkylation sites (tertiary alicyclic amines) is 1. The van der Waals surface area contributed by atoms with Crippen molar-refractivity contribution in [3.05, 3.63) is 48.5 Å². The first kappa shape index (κ1) is 43.5. The summed E-state index contributed by atoms with van der Waals surface area (Å²) in [5, 5.41) is 29.5. The number of piperidine rings is 1. The van der Waals surface area contributed by atoms with E-state index >= 15 is 4.39 Å². The number of nitrogens with one attached hydrogen (secondary N) is 2. The summed E-state index contributed by atoms with van der Waals surface area (Å²) in [5.74, 6) is -0.00617. The van der Waals surface area contributed by atoms with E-state index in [0.717, 1.165) is 23.3 Å². The molecule has 4 aromatic rings. The Balaban J connectivity index is 0.00000126. The molecule has 3 N–H and O–H groups in total. The number of thiophene rings is 1. The normalized spacial score (nSPS) is 17.9. The Morgan fingerprint density at radius 1 is 1.24 bits per heavy atom. The first-order valence-corrected chi connectivity index (χ1v) is 18.9. The fraction of sp³-hybridized carbons (Fsp3) is 0.447. The predicted molar refractivity (Wildman–Crippen MR) is 212 cm³/mol. The molecule has 7 rings (SSSR count). The third kappa shape index (κ3) is 8.59. The number of benzene rings is 2. The Hall–Kier alpha value is -3.26. The van der Waals surface area contributed by atoms with Crippen LogP contribution in [0.1, 0.15) is 70.6 Å². The molecule has 286 valence electrons. The zero-order valence-corrected chi connectivity index (χ0v) is 37.9. The number of aromatic hydroxyl groups is 1. The minimum atomic E-state index is -0.792. The number of halogens is 1. The maximum atomic E-state index is 15.4. The van der Waals surface area contributed by atoms with Crippen LogP contribution in [0.4, 0.5) is 26.0 Å². The van der Waals surface area contributed by atoms with E-state index in [1.165, 1.54) is 18.6 Å². The van der Waals surface area contributed by atoms with Crippen LogP contribution in [0.15, 0.2) is 12.1 Å². The average molecular weight is 1000 g/mol. The maximum absolute atomic E-state index is 15.4. The molecule has 2 aromatic heterocycles. The molecule has 3 aliphatic rings. The van der Waals surface area contributed by atoms with Gasteiger partial charge in [-0.3, -0.25) is 10.1 Å². The SMILES string of the molecule is CCC.CN1CCCC(Nc2nc(N3C[CH-]C(P)C3)nc3c(O)c(-c4ccc(F)c5sc(NC(=O)OC(C)(C)C)c(C#N)c45)c4c(c23)COC4)C1=O.[CH3-].[U+2]. The van der Waals surface area contributed by atoms with Gasteiger partial charge >= 0.3 is 37.2 Å². The molecule has 3 atom stereocenters. The van der Waals surface area contributed by atoms with E-state index in [1.807, 2.05) is 4.90 Å². The molecule has 0 radical (unpaired) electrons. The minimum Gasteiger partial charge on any atom is -0.505 e. The molecule has 3 aliphatic heterocycles. The van der Waals surface area contributed by atoms with E-state index in [0.29, 0.717) is 59.9 Å². The van der Waals surface area contributed by atoms with Crippen molar-refractivity contribution >= 4 is 70.3 Å². The molecule has 0 aliphatic carbocycles. The summed E-state index contributed by atoms with van der Waals surface area (Å²) in [6, 6.07) is 4.43. The van der Waals surface area contributed by atoms with Gasteiger partial charge in [0.05, 0.1) is 28.9 Å². The predicted octanol–water partition coefficient (Wildman–Crippen LogP) is 7.77. The number of carbonyl (C=O) groups excluding carboxylic acids is 2. The number of likely N-dealkylation sites (N-methyl/N-ethyl adjacent to an activating group) is 1. The van der Waals surface area contributed by atoms with Crippen LogP contribution in [-0.4, -0.2) is 76.0 Å². The number of hydrogen-bond acceptors (Lipinski definition) is 11. The average Bonchev–Trinajstić information content (AvgIpc) is 3.82. The zero-order valence-electron chi connectivity index (χ0n) is 31.7. The summed E-state index contributed by atoms with van der Waals surface area (Å²) in [7, 11) is 4.56.